The number of nitrogens with zero attached hydrogens (tertiary/aromatic N) is 3. The van der Waals surface area contributed by atoms with Crippen molar-refractivity contribution in [3.05, 3.63) is 11.7 Å². The maximum absolute atomic E-state index is 5.12. The molecule has 0 radical (unpaired) electrons. The summed E-state index contributed by atoms with van der Waals surface area (Å²) in [4.78, 5) is 6.67. The van der Waals surface area contributed by atoms with Gasteiger partial charge in [0.2, 0.25) is 5.89 Å². The molecule has 0 aliphatic rings. The highest BCUT2D eigenvalue weighted by Gasteiger charge is 2.07. The molecule has 0 aromatic carbocycles. The van der Waals surface area contributed by atoms with E-state index in [1.54, 1.807) is 0 Å². The molecule has 0 bridgehead atoms. The molecular formula is C11H22N4O. The minimum Gasteiger partial charge on any atom is -0.338 e. The third-order valence-electron chi connectivity index (χ3n) is 2.58. The molecule has 0 aliphatic heterocycles. The van der Waals surface area contributed by atoms with Crippen LogP contribution in [0.2, 0.25) is 0 Å². The van der Waals surface area contributed by atoms with Crippen LogP contribution in [0.3, 0.4) is 0 Å². The summed E-state index contributed by atoms with van der Waals surface area (Å²) in [6.07, 6.45) is 0.858. The van der Waals surface area contributed by atoms with Crippen LogP contribution in [0.5, 0.6) is 0 Å². The minimum absolute atomic E-state index is 0.661. The Morgan fingerprint density at radius 2 is 2.00 bits per heavy atom. The average molecular weight is 226 g/mol. The smallest absolute Gasteiger partial charge is 0.240 e. The Kier molecular flexibility index (Phi) is 6.03. The van der Waals surface area contributed by atoms with Crippen LogP contribution in [0.4, 0.5) is 0 Å². The van der Waals surface area contributed by atoms with Crippen molar-refractivity contribution < 1.29 is 4.52 Å². The Labute approximate surface area is 97.2 Å². The third kappa shape index (κ3) is 4.28. The fraction of sp³-hybridized carbons (Fsp3) is 0.818. The molecule has 16 heavy (non-hydrogen) atoms. The SMILES string of the molecule is CCNCc1nc(CCN(CC)CC)no1. The highest BCUT2D eigenvalue weighted by atomic mass is 16.5. The molecule has 92 valence electrons. The molecule has 0 unspecified atom stereocenters. The van der Waals surface area contributed by atoms with Crippen molar-refractivity contribution in [1.82, 2.24) is 20.4 Å². The molecule has 0 fully saturated rings. The van der Waals surface area contributed by atoms with Crippen LogP contribution >= 0.6 is 0 Å². The van der Waals surface area contributed by atoms with Gasteiger partial charge in [0.05, 0.1) is 6.54 Å². The first-order valence-corrected chi connectivity index (χ1v) is 6.04. The summed E-state index contributed by atoms with van der Waals surface area (Å²) in [5, 5.41) is 7.12. The average Bonchev–Trinajstić information content (AvgIpc) is 2.76. The summed E-state index contributed by atoms with van der Waals surface area (Å²) in [5.41, 5.74) is 0. The van der Waals surface area contributed by atoms with E-state index in [2.05, 4.69) is 41.1 Å². The molecule has 5 nitrogen and oxygen atoms in total. The Hall–Kier alpha value is -0.940. The predicted octanol–water partition coefficient (Wildman–Crippen LogP) is 1.06. The van der Waals surface area contributed by atoms with Gasteiger partial charge in [-0.1, -0.05) is 25.9 Å². The fourth-order valence-electron chi connectivity index (χ4n) is 1.49. The lowest BCUT2D eigenvalue weighted by atomic mass is 10.3. The first-order chi connectivity index (χ1) is 7.80. The van der Waals surface area contributed by atoms with Gasteiger partial charge in [-0.2, -0.15) is 4.98 Å². The quantitative estimate of drug-likeness (QED) is 0.718. The van der Waals surface area contributed by atoms with E-state index in [9.17, 15) is 0 Å². The number of hydrogen-bond donors (Lipinski definition) is 1. The van der Waals surface area contributed by atoms with Gasteiger partial charge >= 0.3 is 0 Å². The van der Waals surface area contributed by atoms with E-state index in [1.807, 2.05) is 0 Å². The molecule has 0 atom stereocenters. The van der Waals surface area contributed by atoms with Crippen LogP contribution < -0.4 is 5.32 Å². The summed E-state index contributed by atoms with van der Waals surface area (Å²) in [6.45, 7) is 11.1. The third-order valence-corrected chi connectivity index (χ3v) is 2.58. The summed E-state index contributed by atoms with van der Waals surface area (Å²) < 4.78 is 5.12. The lowest BCUT2D eigenvalue weighted by molar-refractivity contribution is 0.302. The largest absolute Gasteiger partial charge is 0.338 e. The fourth-order valence-corrected chi connectivity index (χ4v) is 1.49. The monoisotopic (exact) mass is 226 g/mol. The van der Waals surface area contributed by atoms with Crippen molar-refractivity contribution in [2.75, 3.05) is 26.2 Å². The maximum atomic E-state index is 5.12. The zero-order valence-electron chi connectivity index (χ0n) is 10.5. The van der Waals surface area contributed by atoms with E-state index in [-0.39, 0.29) is 0 Å². The lowest BCUT2D eigenvalue weighted by Crippen LogP contribution is -2.25. The molecule has 0 spiro atoms. The zero-order valence-corrected chi connectivity index (χ0v) is 10.5. The summed E-state index contributed by atoms with van der Waals surface area (Å²) >= 11 is 0. The van der Waals surface area contributed by atoms with Crippen molar-refractivity contribution >= 4 is 0 Å². The van der Waals surface area contributed by atoms with Crippen LogP contribution in [0.25, 0.3) is 0 Å². The standard InChI is InChI=1S/C11H22N4O/c1-4-12-9-11-13-10(14-16-11)7-8-15(5-2)6-3/h12H,4-9H2,1-3H3. The van der Waals surface area contributed by atoms with Gasteiger partial charge in [0.15, 0.2) is 5.82 Å². The lowest BCUT2D eigenvalue weighted by Gasteiger charge is -2.16. The highest BCUT2D eigenvalue weighted by molar-refractivity contribution is 4.86. The number of likely N-dealkylation sites (N-methyl/N-ethyl adjacent to an activating group) is 1. The van der Waals surface area contributed by atoms with Gasteiger partial charge in [0.1, 0.15) is 0 Å². The van der Waals surface area contributed by atoms with E-state index in [1.165, 1.54) is 0 Å². The van der Waals surface area contributed by atoms with Gasteiger partial charge in [-0.05, 0) is 19.6 Å². The topological polar surface area (TPSA) is 54.2 Å². The van der Waals surface area contributed by atoms with Crippen molar-refractivity contribution in [2.24, 2.45) is 0 Å². The van der Waals surface area contributed by atoms with Crippen LogP contribution in [-0.4, -0.2) is 41.2 Å². The van der Waals surface area contributed by atoms with Crippen molar-refractivity contribution in [3.63, 3.8) is 0 Å². The second-order valence-corrected chi connectivity index (χ2v) is 3.66. The van der Waals surface area contributed by atoms with Crippen LogP contribution in [0, 0.1) is 0 Å². The molecule has 5 heteroatoms. The van der Waals surface area contributed by atoms with E-state index in [4.69, 9.17) is 4.52 Å². The first kappa shape index (κ1) is 13.1. The molecule has 1 heterocycles. The Bertz CT molecular complexity index is 283. The van der Waals surface area contributed by atoms with Gasteiger partial charge < -0.3 is 14.7 Å². The Balaban J connectivity index is 2.33. The van der Waals surface area contributed by atoms with Crippen molar-refractivity contribution in [1.29, 1.82) is 0 Å². The van der Waals surface area contributed by atoms with Gasteiger partial charge in [0, 0.05) is 13.0 Å². The zero-order chi connectivity index (χ0) is 11.8. The minimum atomic E-state index is 0.661. The van der Waals surface area contributed by atoms with Gasteiger partial charge in [0.25, 0.3) is 0 Å². The molecular weight excluding hydrogens is 204 g/mol. The number of aromatic nitrogens is 2. The van der Waals surface area contributed by atoms with Gasteiger partial charge in [-0.15, -0.1) is 0 Å². The molecule has 1 rings (SSSR count). The summed E-state index contributed by atoms with van der Waals surface area (Å²) in [7, 11) is 0. The first-order valence-electron chi connectivity index (χ1n) is 6.04. The molecule has 1 aromatic rings. The number of nitrogens with one attached hydrogen (secondary N) is 1. The highest BCUT2D eigenvalue weighted by Crippen LogP contribution is 1.99. The van der Waals surface area contributed by atoms with E-state index >= 15 is 0 Å². The molecule has 0 saturated carbocycles. The summed E-state index contributed by atoms with van der Waals surface area (Å²) in [6, 6.07) is 0. The molecule has 0 amide bonds. The van der Waals surface area contributed by atoms with E-state index < -0.39 is 0 Å². The van der Waals surface area contributed by atoms with Crippen LogP contribution in [0.15, 0.2) is 4.52 Å². The number of hydrogen-bond acceptors (Lipinski definition) is 5. The van der Waals surface area contributed by atoms with Crippen LogP contribution in [0.1, 0.15) is 32.5 Å². The van der Waals surface area contributed by atoms with Gasteiger partial charge in [-0.25, -0.2) is 0 Å². The molecule has 1 aromatic heterocycles. The Morgan fingerprint density at radius 3 is 2.62 bits per heavy atom. The summed E-state index contributed by atoms with van der Waals surface area (Å²) in [5.74, 6) is 1.48. The molecule has 1 N–H and O–H groups in total. The second-order valence-electron chi connectivity index (χ2n) is 3.66. The Morgan fingerprint density at radius 1 is 1.25 bits per heavy atom. The normalized spacial score (nSPS) is 11.2. The second kappa shape index (κ2) is 7.35. The van der Waals surface area contributed by atoms with Crippen LogP contribution in [-0.2, 0) is 13.0 Å². The van der Waals surface area contributed by atoms with Crippen molar-refractivity contribution in [3.8, 4) is 0 Å². The van der Waals surface area contributed by atoms with Crippen molar-refractivity contribution in [2.45, 2.75) is 33.7 Å². The molecule has 0 aliphatic carbocycles. The van der Waals surface area contributed by atoms with E-state index in [0.717, 1.165) is 38.4 Å². The molecule has 0 saturated heterocycles. The number of rotatable bonds is 8. The predicted molar refractivity (Wildman–Crippen MR) is 63.2 cm³/mol. The van der Waals surface area contributed by atoms with Gasteiger partial charge in [-0.3, -0.25) is 0 Å². The van der Waals surface area contributed by atoms with E-state index in [0.29, 0.717) is 12.4 Å². The maximum Gasteiger partial charge on any atom is 0.240 e.